The number of carboxylic acid groups (broad SMARTS) is 1. The van der Waals surface area contributed by atoms with Crippen molar-refractivity contribution in [3.05, 3.63) is 53.5 Å². The van der Waals surface area contributed by atoms with Gasteiger partial charge in [-0.3, -0.25) is 0 Å². The average molecular weight is 436 g/mol. The Kier molecular flexibility index (Phi) is 10.00. The van der Waals surface area contributed by atoms with Crippen molar-refractivity contribution < 1.29 is 19.4 Å². The molecule has 0 spiro atoms. The van der Waals surface area contributed by atoms with E-state index in [4.69, 9.17) is 14.6 Å². The van der Waals surface area contributed by atoms with Gasteiger partial charge in [0.05, 0.1) is 0 Å². The average Bonchev–Trinajstić information content (AvgIpc) is 2.76. The quantitative estimate of drug-likeness (QED) is 0.757. The van der Waals surface area contributed by atoms with Crippen LogP contribution in [0.25, 0.3) is 0 Å². The van der Waals surface area contributed by atoms with Crippen molar-refractivity contribution in [3.63, 3.8) is 0 Å². The van der Waals surface area contributed by atoms with Crippen LogP contribution in [0.5, 0.6) is 5.88 Å². The summed E-state index contributed by atoms with van der Waals surface area (Å²) in [6.07, 6.45) is 7.98. The van der Waals surface area contributed by atoms with E-state index in [1.54, 1.807) is 6.07 Å². The second-order valence-electron chi connectivity index (χ2n) is 7.38. The SMILES string of the molecule is Cc1ccc(C(=O)O)nc1.Cl.c1cnc(OC2CCNCC2)c(C2CCOCC2)c1. The van der Waals surface area contributed by atoms with Gasteiger partial charge in [0, 0.05) is 31.2 Å². The molecule has 0 aromatic carbocycles. The van der Waals surface area contributed by atoms with Crippen molar-refractivity contribution in [2.75, 3.05) is 26.3 Å². The molecule has 2 aliphatic heterocycles. The number of nitrogens with zero attached hydrogens (tertiary/aromatic N) is 2. The highest BCUT2D eigenvalue weighted by atomic mass is 35.5. The van der Waals surface area contributed by atoms with Crippen LogP contribution in [0.1, 0.15) is 53.2 Å². The van der Waals surface area contributed by atoms with Crippen LogP contribution >= 0.6 is 12.4 Å². The number of carbonyl (C=O) groups is 1. The lowest BCUT2D eigenvalue weighted by molar-refractivity contribution is 0.0690. The van der Waals surface area contributed by atoms with Gasteiger partial charge in [0.15, 0.2) is 0 Å². The number of aryl methyl sites for hydroxylation is 1. The Bertz CT molecular complexity index is 776. The standard InChI is InChI=1S/C15H22N2O2.C7H7NO2.ClH/c1-2-14(12-5-10-18-11-6-12)15(17-7-1)19-13-3-8-16-9-4-13;1-5-2-3-6(7(9)10)8-4-5;/h1-2,7,12-13,16H,3-6,8-11H2;2-4H,1H3,(H,9,10);1H. The third kappa shape index (κ3) is 7.23. The lowest BCUT2D eigenvalue weighted by Crippen LogP contribution is -2.34. The van der Waals surface area contributed by atoms with E-state index in [2.05, 4.69) is 21.4 Å². The van der Waals surface area contributed by atoms with E-state index in [9.17, 15) is 4.79 Å². The molecule has 2 saturated heterocycles. The molecule has 4 heterocycles. The summed E-state index contributed by atoms with van der Waals surface area (Å²) < 4.78 is 11.6. The molecule has 0 atom stereocenters. The van der Waals surface area contributed by atoms with Crippen LogP contribution in [0.2, 0.25) is 0 Å². The molecule has 7 nitrogen and oxygen atoms in total. The molecule has 0 amide bonds. The Morgan fingerprint density at radius 3 is 2.50 bits per heavy atom. The Balaban J connectivity index is 0.000000249. The first kappa shape index (κ1) is 24.1. The molecule has 0 bridgehead atoms. The summed E-state index contributed by atoms with van der Waals surface area (Å²) in [7, 11) is 0. The normalized spacial score (nSPS) is 17.2. The van der Waals surface area contributed by atoms with Crippen molar-refractivity contribution in [1.29, 1.82) is 0 Å². The third-order valence-corrected chi connectivity index (χ3v) is 5.16. The van der Waals surface area contributed by atoms with Crippen LogP contribution in [-0.2, 0) is 4.74 Å². The number of aromatic nitrogens is 2. The molecule has 0 unspecified atom stereocenters. The van der Waals surface area contributed by atoms with E-state index >= 15 is 0 Å². The van der Waals surface area contributed by atoms with E-state index in [1.165, 1.54) is 17.8 Å². The first-order chi connectivity index (χ1) is 14.1. The van der Waals surface area contributed by atoms with Crippen LogP contribution in [0.4, 0.5) is 0 Å². The summed E-state index contributed by atoms with van der Waals surface area (Å²) in [6.45, 7) is 5.66. The molecule has 2 aliphatic rings. The van der Waals surface area contributed by atoms with Gasteiger partial charge in [0.2, 0.25) is 5.88 Å². The predicted octanol–water partition coefficient (Wildman–Crippen LogP) is 3.62. The highest BCUT2D eigenvalue weighted by Gasteiger charge is 2.22. The molecule has 0 aliphatic carbocycles. The van der Waals surface area contributed by atoms with Crippen LogP contribution in [0, 0.1) is 6.92 Å². The monoisotopic (exact) mass is 435 g/mol. The predicted molar refractivity (Wildman–Crippen MR) is 117 cm³/mol. The van der Waals surface area contributed by atoms with Gasteiger partial charge < -0.3 is 19.9 Å². The summed E-state index contributed by atoms with van der Waals surface area (Å²) >= 11 is 0. The number of ether oxygens (including phenoxy) is 2. The van der Waals surface area contributed by atoms with Crippen LogP contribution in [-0.4, -0.2) is 53.5 Å². The van der Waals surface area contributed by atoms with Gasteiger partial charge in [-0.15, -0.1) is 12.4 Å². The van der Waals surface area contributed by atoms with Crippen molar-refractivity contribution in [2.45, 2.75) is 44.6 Å². The molecule has 2 aromatic heterocycles. The summed E-state index contributed by atoms with van der Waals surface area (Å²) in [6, 6.07) is 7.38. The Labute approximate surface area is 183 Å². The molecule has 2 fully saturated rings. The number of pyridine rings is 2. The molecule has 30 heavy (non-hydrogen) atoms. The molecule has 2 N–H and O–H groups in total. The number of hydrogen-bond acceptors (Lipinski definition) is 6. The van der Waals surface area contributed by atoms with Gasteiger partial charge in [0.25, 0.3) is 0 Å². The van der Waals surface area contributed by atoms with Gasteiger partial charge >= 0.3 is 5.97 Å². The number of hydrogen-bond donors (Lipinski definition) is 2. The van der Waals surface area contributed by atoms with E-state index in [0.717, 1.165) is 63.4 Å². The smallest absolute Gasteiger partial charge is 0.354 e. The minimum atomic E-state index is -0.986. The van der Waals surface area contributed by atoms with E-state index < -0.39 is 5.97 Å². The molecular weight excluding hydrogens is 406 g/mol. The number of piperidine rings is 1. The largest absolute Gasteiger partial charge is 0.477 e. The van der Waals surface area contributed by atoms with Gasteiger partial charge in [-0.1, -0.05) is 12.1 Å². The summed E-state index contributed by atoms with van der Waals surface area (Å²) in [4.78, 5) is 18.4. The fourth-order valence-electron chi connectivity index (χ4n) is 3.49. The fourth-order valence-corrected chi connectivity index (χ4v) is 3.49. The molecule has 2 aromatic rings. The van der Waals surface area contributed by atoms with Gasteiger partial charge in [-0.05, 0) is 69.3 Å². The molecule has 4 rings (SSSR count). The van der Waals surface area contributed by atoms with E-state index in [0.29, 0.717) is 12.0 Å². The topological polar surface area (TPSA) is 93.6 Å². The third-order valence-electron chi connectivity index (χ3n) is 5.16. The molecular formula is C22H30ClN3O4. The van der Waals surface area contributed by atoms with Crippen molar-refractivity contribution in [1.82, 2.24) is 15.3 Å². The minimum absolute atomic E-state index is 0. The van der Waals surface area contributed by atoms with Gasteiger partial charge in [-0.2, -0.15) is 0 Å². The molecule has 164 valence electrons. The van der Waals surface area contributed by atoms with Crippen molar-refractivity contribution in [2.24, 2.45) is 0 Å². The highest BCUT2D eigenvalue weighted by molar-refractivity contribution is 5.85. The second-order valence-corrected chi connectivity index (χ2v) is 7.38. The minimum Gasteiger partial charge on any atom is -0.477 e. The van der Waals surface area contributed by atoms with Crippen molar-refractivity contribution >= 4 is 18.4 Å². The zero-order valence-electron chi connectivity index (χ0n) is 17.3. The second kappa shape index (κ2) is 12.5. The zero-order chi connectivity index (χ0) is 20.5. The summed E-state index contributed by atoms with van der Waals surface area (Å²) in [5, 5.41) is 11.8. The molecule has 0 saturated carbocycles. The number of carboxylic acids is 1. The molecule has 0 radical (unpaired) electrons. The number of rotatable bonds is 4. The lowest BCUT2D eigenvalue weighted by atomic mass is 9.92. The lowest BCUT2D eigenvalue weighted by Gasteiger charge is -2.27. The summed E-state index contributed by atoms with van der Waals surface area (Å²) in [5.74, 6) is 0.403. The molecule has 8 heteroatoms. The Morgan fingerprint density at radius 1 is 1.13 bits per heavy atom. The van der Waals surface area contributed by atoms with Gasteiger partial charge in [-0.25, -0.2) is 14.8 Å². The van der Waals surface area contributed by atoms with E-state index in [-0.39, 0.29) is 18.1 Å². The van der Waals surface area contributed by atoms with Crippen LogP contribution < -0.4 is 10.1 Å². The van der Waals surface area contributed by atoms with Crippen LogP contribution in [0.15, 0.2) is 36.7 Å². The highest BCUT2D eigenvalue weighted by Crippen LogP contribution is 2.33. The van der Waals surface area contributed by atoms with Crippen molar-refractivity contribution in [3.8, 4) is 5.88 Å². The maximum Gasteiger partial charge on any atom is 0.354 e. The maximum absolute atomic E-state index is 10.2. The number of nitrogens with one attached hydrogen (secondary N) is 1. The summed E-state index contributed by atoms with van der Waals surface area (Å²) in [5.41, 5.74) is 2.32. The Morgan fingerprint density at radius 2 is 1.87 bits per heavy atom. The first-order valence-corrected chi connectivity index (χ1v) is 10.2. The first-order valence-electron chi connectivity index (χ1n) is 10.2. The zero-order valence-corrected chi connectivity index (χ0v) is 18.1. The number of halogens is 1. The van der Waals surface area contributed by atoms with Gasteiger partial charge in [0.1, 0.15) is 11.8 Å². The fraction of sp³-hybridized carbons (Fsp3) is 0.500. The van der Waals surface area contributed by atoms with E-state index in [1.807, 2.05) is 19.2 Å². The van der Waals surface area contributed by atoms with Crippen LogP contribution in [0.3, 0.4) is 0 Å². The maximum atomic E-state index is 10.2. The number of aromatic carboxylic acids is 1. The Hall–Kier alpha value is -2.22.